The Bertz CT molecular complexity index is 1180. The number of anilines is 1. The molecule has 0 unspecified atom stereocenters. The minimum absolute atomic E-state index is 0.0339. The van der Waals surface area contributed by atoms with Gasteiger partial charge in [0.05, 0.1) is 36.4 Å². The summed E-state index contributed by atoms with van der Waals surface area (Å²) >= 11 is 0. The summed E-state index contributed by atoms with van der Waals surface area (Å²) in [6.45, 7) is 2.50. The molecule has 7 nitrogen and oxygen atoms in total. The van der Waals surface area contributed by atoms with Gasteiger partial charge in [0.1, 0.15) is 6.04 Å². The number of hydrogen-bond donors (Lipinski definition) is 2. The number of amides is 3. The highest BCUT2D eigenvalue weighted by atomic mass is 19.4. The van der Waals surface area contributed by atoms with Crippen molar-refractivity contribution in [2.24, 2.45) is 5.92 Å². The average molecular weight is 488 g/mol. The number of fused-ring (bicyclic) bond motifs is 2. The fraction of sp³-hybridized carbons (Fsp3) is 0.400. The third kappa shape index (κ3) is 4.50. The Labute approximate surface area is 200 Å². The maximum Gasteiger partial charge on any atom is 0.416 e. The van der Waals surface area contributed by atoms with Crippen LogP contribution in [0, 0.1) is 5.92 Å². The molecule has 5 rings (SSSR count). The predicted molar refractivity (Wildman–Crippen MR) is 121 cm³/mol. The summed E-state index contributed by atoms with van der Waals surface area (Å²) in [6, 6.07) is 8.73. The first-order valence-electron chi connectivity index (χ1n) is 11.8. The number of piperidine rings is 1. The largest absolute Gasteiger partial charge is 0.416 e. The molecule has 2 fully saturated rings. The van der Waals surface area contributed by atoms with Gasteiger partial charge in [-0.3, -0.25) is 14.4 Å². The van der Waals surface area contributed by atoms with Gasteiger partial charge >= 0.3 is 6.18 Å². The number of halogens is 3. The normalized spacial score (nSPS) is 21.2. The molecule has 184 valence electrons. The van der Waals surface area contributed by atoms with Gasteiger partial charge in [0.25, 0.3) is 5.91 Å². The van der Waals surface area contributed by atoms with Crippen LogP contribution in [0.5, 0.6) is 0 Å². The molecule has 3 heterocycles. The Kier molecular flexibility index (Phi) is 6.00. The Morgan fingerprint density at radius 1 is 1.00 bits per heavy atom. The quantitative estimate of drug-likeness (QED) is 0.679. The summed E-state index contributed by atoms with van der Waals surface area (Å²) in [5.41, 5.74) is 0.520. The lowest BCUT2D eigenvalue weighted by atomic mass is 9.95. The number of alkyl halides is 3. The zero-order chi connectivity index (χ0) is 24.7. The molecule has 3 amide bonds. The van der Waals surface area contributed by atoms with Crippen LogP contribution in [0.15, 0.2) is 42.5 Å². The van der Waals surface area contributed by atoms with Crippen molar-refractivity contribution in [2.45, 2.75) is 25.1 Å². The van der Waals surface area contributed by atoms with Crippen molar-refractivity contribution in [1.82, 2.24) is 9.80 Å². The second-order valence-electron chi connectivity index (χ2n) is 9.27. The van der Waals surface area contributed by atoms with Crippen molar-refractivity contribution in [1.29, 1.82) is 0 Å². The maximum absolute atomic E-state index is 13.5. The molecule has 0 saturated carbocycles. The smallest absolute Gasteiger partial charge is 0.346 e. The van der Waals surface area contributed by atoms with Crippen molar-refractivity contribution in [3.63, 3.8) is 0 Å². The van der Waals surface area contributed by atoms with E-state index in [0.717, 1.165) is 38.1 Å². The number of nitrogens with two attached hydrogens (primary N) is 1. The van der Waals surface area contributed by atoms with Gasteiger partial charge in [-0.25, -0.2) is 0 Å². The highest BCUT2D eigenvalue weighted by Crippen LogP contribution is 2.34. The monoisotopic (exact) mass is 487 g/mol. The number of quaternary nitrogens is 1. The summed E-state index contributed by atoms with van der Waals surface area (Å²) in [7, 11) is 0. The molecule has 0 radical (unpaired) electrons. The lowest BCUT2D eigenvalue weighted by Gasteiger charge is -2.40. The molecule has 0 bridgehead atoms. The third-order valence-corrected chi connectivity index (χ3v) is 7.07. The summed E-state index contributed by atoms with van der Waals surface area (Å²) in [6.07, 6.45) is -2.87. The second kappa shape index (κ2) is 8.99. The van der Waals surface area contributed by atoms with Gasteiger partial charge in [0.15, 0.2) is 0 Å². The van der Waals surface area contributed by atoms with Crippen LogP contribution < -0.4 is 10.6 Å². The Balaban J connectivity index is 1.40. The fourth-order valence-corrected chi connectivity index (χ4v) is 5.14. The zero-order valence-corrected chi connectivity index (χ0v) is 19.0. The Hall–Kier alpha value is -3.40. The third-order valence-electron chi connectivity index (χ3n) is 7.07. The van der Waals surface area contributed by atoms with Crippen LogP contribution in [0.25, 0.3) is 11.1 Å². The number of nitrogens with zero attached hydrogens (tertiary/aromatic N) is 2. The maximum atomic E-state index is 13.5. The molecule has 3 N–H and O–H groups in total. The van der Waals surface area contributed by atoms with Gasteiger partial charge in [-0.15, -0.1) is 0 Å². The molecule has 2 aromatic carbocycles. The summed E-state index contributed by atoms with van der Waals surface area (Å²) in [5, 5.41) is 4.97. The molecule has 10 heteroatoms. The van der Waals surface area contributed by atoms with Gasteiger partial charge < -0.3 is 20.4 Å². The number of rotatable bonds is 2. The van der Waals surface area contributed by atoms with Crippen molar-refractivity contribution >= 4 is 23.4 Å². The molecule has 1 atom stereocenters. The van der Waals surface area contributed by atoms with E-state index < -0.39 is 17.8 Å². The van der Waals surface area contributed by atoms with E-state index in [-0.39, 0.29) is 42.3 Å². The summed E-state index contributed by atoms with van der Waals surface area (Å²) in [5.74, 6) is -0.773. The fourth-order valence-electron chi connectivity index (χ4n) is 5.14. The summed E-state index contributed by atoms with van der Waals surface area (Å²) < 4.78 is 39.5. The topological polar surface area (TPSA) is 86.3 Å². The molecule has 35 heavy (non-hydrogen) atoms. The first-order chi connectivity index (χ1) is 16.7. The molecular formula is C25H26F3N4O3+. The van der Waals surface area contributed by atoms with Gasteiger partial charge in [0, 0.05) is 31.8 Å². The van der Waals surface area contributed by atoms with Crippen LogP contribution in [0.1, 0.15) is 28.8 Å². The van der Waals surface area contributed by atoms with Gasteiger partial charge in [0.2, 0.25) is 11.8 Å². The molecule has 0 aliphatic carbocycles. The SMILES string of the molecule is O=C1Nc2ccc(-c3cccc(C(F)(F)F)c3)cc2C(=O)N2CCN(C(=O)C3CC[NH2+]CC3)C[C@H]12. The lowest BCUT2D eigenvalue weighted by molar-refractivity contribution is -0.664. The first-order valence-corrected chi connectivity index (χ1v) is 11.8. The van der Waals surface area contributed by atoms with Crippen LogP contribution in [0.2, 0.25) is 0 Å². The van der Waals surface area contributed by atoms with E-state index in [0.29, 0.717) is 23.4 Å². The average Bonchev–Trinajstić information content (AvgIpc) is 2.97. The summed E-state index contributed by atoms with van der Waals surface area (Å²) in [4.78, 5) is 42.7. The molecule has 0 aromatic heterocycles. The Morgan fingerprint density at radius 2 is 1.74 bits per heavy atom. The van der Waals surface area contributed by atoms with E-state index in [2.05, 4.69) is 10.6 Å². The van der Waals surface area contributed by atoms with Crippen molar-refractivity contribution < 1.29 is 32.9 Å². The zero-order valence-electron chi connectivity index (χ0n) is 19.0. The van der Waals surface area contributed by atoms with Gasteiger partial charge in [-0.05, 0) is 35.4 Å². The highest BCUT2D eigenvalue weighted by molar-refractivity contribution is 6.10. The second-order valence-corrected chi connectivity index (χ2v) is 9.27. The van der Waals surface area contributed by atoms with Crippen LogP contribution in [-0.2, 0) is 15.8 Å². The molecule has 3 aliphatic heterocycles. The van der Waals surface area contributed by atoms with E-state index in [9.17, 15) is 27.6 Å². The predicted octanol–water partition coefficient (Wildman–Crippen LogP) is 1.95. The van der Waals surface area contributed by atoms with E-state index >= 15 is 0 Å². The molecule has 2 aromatic rings. The standard InChI is InChI=1S/C25H25F3N4O3/c26-25(27,28)18-3-1-2-16(12-18)17-4-5-20-19(13-17)24(35)32-11-10-31(14-21(32)22(33)30-20)23(34)15-6-8-29-9-7-15/h1-5,12-13,15,21,29H,6-11,14H2,(H,30,33)/p+1/t21-/m1/s1. The van der Waals surface area contributed by atoms with Crippen LogP contribution in [-0.4, -0.2) is 66.3 Å². The molecule has 0 spiro atoms. The van der Waals surface area contributed by atoms with E-state index in [1.807, 2.05) is 0 Å². The van der Waals surface area contributed by atoms with Crippen molar-refractivity contribution in [3.8, 4) is 11.1 Å². The van der Waals surface area contributed by atoms with E-state index in [4.69, 9.17) is 0 Å². The highest BCUT2D eigenvalue weighted by Gasteiger charge is 2.41. The Morgan fingerprint density at radius 3 is 2.49 bits per heavy atom. The van der Waals surface area contributed by atoms with E-state index in [1.54, 1.807) is 23.1 Å². The molecule has 2 saturated heterocycles. The number of benzene rings is 2. The minimum Gasteiger partial charge on any atom is -0.346 e. The first kappa shape index (κ1) is 23.3. The number of carbonyl (C=O) groups excluding carboxylic acids is 3. The van der Waals surface area contributed by atoms with E-state index in [1.165, 1.54) is 17.0 Å². The molecular weight excluding hydrogens is 461 g/mol. The van der Waals surface area contributed by atoms with Gasteiger partial charge in [-0.2, -0.15) is 13.2 Å². The number of nitrogens with one attached hydrogen (secondary N) is 1. The van der Waals surface area contributed by atoms with Crippen molar-refractivity contribution in [3.05, 3.63) is 53.6 Å². The number of hydrogen-bond acceptors (Lipinski definition) is 3. The number of piperazine rings is 1. The molecule has 3 aliphatic rings. The lowest BCUT2D eigenvalue weighted by Crippen LogP contribution is -2.86. The van der Waals surface area contributed by atoms with Gasteiger partial charge in [-0.1, -0.05) is 18.2 Å². The van der Waals surface area contributed by atoms with Crippen LogP contribution >= 0.6 is 0 Å². The minimum atomic E-state index is -4.48. The number of carbonyl (C=O) groups is 3. The van der Waals surface area contributed by atoms with Crippen LogP contribution in [0.3, 0.4) is 0 Å². The van der Waals surface area contributed by atoms with Crippen LogP contribution in [0.4, 0.5) is 18.9 Å². The van der Waals surface area contributed by atoms with Crippen molar-refractivity contribution in [2.75, 3.05) is 38.0 Å².